The molecular weight excluding hydrogens is 278 g/mol. The molecule has 0 N–H and O–H groups in total. The number of rotatable bonds is 0. The van der Waals surface area contributed by atoms with Crippen LogP contribution in [0.2, 0.25) is 0 Å². The topological polar surface area (TPSA) is 69.2 Å². The molecular formula is BINa4O3. The number of halogens is 1. The molecule has 0 rings (SSSR count). The zero-order chi connectivity index (χ0) is 3.58. The fraction of sp³-hybridized carbons (Fsp3) is 0. The number of hydrogen-bond donors (Lipinski definition) is 0. The minimum absolute atomic E-state index is 0. The van der Waals surface area contributed by atoms with Crippen LogP contribution in [0.5, 0.6) is 0 Å². The van der Waals surface area contributed by atoms with Gasteiger partial charge in [-0.2, -0.15) is 0 Å². The third-order valence-electron chi connectivity index (χ3n) is 0. The smallest absolute Gasteiger partial charge is 1.00 e. The molecule has 0 atom stereocenters. The van der Waals surface area contributed by atoms with E-state index >= 15 is 0 Å². The molecule has 0 aliphatic carbocycles. The van der Waals surface area contributed by atoms with Gasteiger partial charge in [0.15, 0.2) is 0 Å². The molecule has 0 aromatic carbocycles. The minimum Gasteiger partial charge on any atom is -1.00 e. The van der Waals surface area contributed by atoms with E-state index in [-0.39, 0.29) is 142 Å². The SMILES string of the molecule is [I-].[Na+].[Na+].[Na+].[Na+].[O-]B([O-])[O-]. The summed E-state index contributed by atoms with van der Waals surface area (Å²) in [7, 11) is -2.92. The summed E-state index contributed by atoms with van der Waals surface area (Å²) in [6.45, 7) is 0. The maximum Gasteiger partial charge on any atom is 1.00 e. The van der Waals surface area contributed by atoms with Gasteiger partial charge >= 0.3 is 118 Å². The van der Waals surface area contributed by atoms with E-state index in [1.807, 2.05) is 0 Å². The Bertz CT molecular complexity index is 20.5. The van der Waals surface area contributed by atoms with Crippen molar-refractivity contribution >= 4 is 7.32 Å². The second-order valence-electron chi connectivity index (χ2n) is 0.289. The van der Waals surface area contributed by atoms with Gasteiger partial charge in [0.1, 0.15) is 0 Å². The second-order valence-corrected chi connectivity index (χ2v) is 0.289. The van der Waals surface area contributed by atoms with Crippen molar-refractivity contribution in [3.05, 3.63) is 0 Å². The maximum atomic E-state index is 8.42. The first-order valence-electron chi connectivity index (χ1n) is 0.707. The Morgan fingerprint density at radius 2 is 0.667 bits per heavy atom. The third-order valence-corrected chi connectivity index (χ3v) is 0. The van der Waals surface area contributed by atoms with E-state index in [9.17, 15) is 0 Å². The molecule has 0 saturated heterocycles. The molecule has 0 spiro atoms. The maximum absolute atomic E-state index is 8.42. The van der Waals surface area contributed by atoms with Crippen molar-refractivity contribution in [1.29, 1.82) is 0 Å². The van der Waals surface area contributed by atoms with Crippen molar-refractivity contribution < 1.29 is 157 Å². The van der Waals surface area contributed by atoms with Gasteiger partial charge in [-0.3, -0.25) is 7.32 Å². The molecule has 0 heterocycles. The average molecular weight is 278 g/mol. The molecule has 9 heteroatoms. The van der Waals surface area contributed by atoms with Crippen molar-refractivity contribution in [3.63, 3.8) is 0 Å². The summed E-state index contributed by atoms with van der Waals surface area (Å²) in [4.78, 5) is 0. The van der Waals surface area contributed by atoms with E-state index in [0.717, 1.165) is 0 Å². The second kappa shape index (κ2) is 29.3. The molecule has 9 heavy (non-hydrogen) atoms. The monoisotopic (exact) mass is 278 g/mol. The Hall–Kier alpha value is 4.67. The van der Waals surface area contributed by atoms with Crippen LogP contribution in [0.1, 0.15) is 0 Å². The van der Waals surface area contributed by atoms with Gasteiger partial charge in [-0.25, -0.2) is 0 Å². The Labute approximate surface area is 160 Å². The Morgan fingerprint density at radius 1 is 0.667 bits per heavy atom. The quantitative estimate of drug-likeness (QED) is 0.326. The van der Waals surface area contributed by atoms with Crippen LogP contribution in [0, 0.1) is 0 Å². The summed E-state index contributed by atoms with van der Waals surface area (Å²) in [5.74, 6) is 0. The van der Waals surface area contributed by atoms with Crippen molar-refractivity contribution in [3.8, 4) is 0 Å². The molecule has 0 bridgehead atoms. The molecule has 3 nitrogen and oxygen atoms in total. The van der Waals surface area contributed by atoms with Crippen LogP contribution in [0.4, 0.5) is 0 Å². The van der Waals surface area contributed by atoms with Crippen LogP contribution in [0.25, 0.3) is 0 Å². The van der Waals surface area contributed by atoms with Crippen LogP contribution in [0.15, 0.2) is 0 Å². The van der Waals surface area contributed by atoms with Crippen LogP contribution in [-0.4, -0.2) is 7.32 Å². The van der Waals surface area contributed by atoms with Crippen molar-refractivity contribution in [2.75, 3.05) is 0 Å². The minimum atomic E-state index is -2.92. The summed E-state index contributed by atoms with van der Waals surface area (Å²) < 4.78 is 0. The van der Waals surface area contributed by atoms with E-state index < -0.39 is 7.32 Å². The van der Waals surface area contributed by atoms with Gasteiger partial charge in [-0.15, -0.1) is 0 Å². The molecule has 0 saturated carbocycles. The first kappa shape index (κ1) is 37.3. The predicted octanol–water partition coefficient (Wildman–Crippen LogP) is -18.9. The van der Waals surface area contributed by atoms with Crippen molar-refractivity contribution in [1.82, 2.24) is 0 Å². The summed E-state index contributed by atoms with van der Waals surface area (Å²) in [5, 5.41) is 25.2. The number of hydrogen-bond acceptors (Lipinski definition) is 3. The fourth-order valence-corrected chi connectivity index (χ4v) is 0. The van der Waals surface area contributed by atoms with Crippen LogP contribution < -0.4 is 157 Å². The standard InChI is InChI=1S/BO3.HI.4Na/c2-1(3)4;;;;;/h;1H;;;;/q-3;;4*+1/p-1. The normalized spacial score (nSPS) is 3.00. The van der Waals surface area contributed by atoms with Gasteiger partial charge in [-0.1, -0.05) is 0 Å². The predicted molar refractivity (Wildman–Crippen MR) is 5.75 cm³/mol. The average Bonchev–Trinajstić information content (AvgIpc) is 0.811. The summed E-state index contributed by atoms with van der Waals surface area (Å²) in [6.07, 6.45) is 0. The van der Waals surface area contributed by atoms with Crippen molar-refractivity contribution in [2.24, 2.45) is 0 Å². The van der Waals surface area contributed by atoms with E-state index in [4.69, 9.17) is 15.1 Å². The van der Waals surface area contributed by atoms with Gasteiger partial charge in [0.2, 0.25) is 0 Å². The molecule has 0 unspecified atom stereocenters. The van der Waals surface area contributed by atoms with E-state index in [2.05, 4.69) is 0 Å². The Kier molecular flexibility index (Phi) is 122. The van der Waals surface area contributed by atoms with Gasteiger partial charge < -0.3 is 39.0 Å². The van der Waals surface area contributed by atoms with Gasteiger partial charge in [0, 0.05) is 0 Å². The van der Waals surface area contributed by atoms with E-state index in [1.54, 1.807) is 0 Å². The van der Waals surface area contributed by atoms with Crippen LogP contribution >= 0.6 is 0 Å². The molecule has 0 fully saturated rings. The molecule has 0 aromatic rings. The van der Waals surface area contributed by atoms with Crippen LogP contribution in [0.3, 0.4) is 0 Å². The third kappa shape index (κ3) is 66.1. The van der Waals surface area contributed by atoms with E-state index in [0.29, 0.717) is 0 Å². The van der Waals surface area contributed by atoms with Crippen LogP contribution in [-0.2, 0) is 0 Å². The van der Waals surface area contributed by atoms with E-state index in [1.165, 1.54) is 0 Å². The van der Waals surface area contributed by atoms with Crippen molar-refractivity contribution in [2.45, 2.75) is 0 Å². The summed E-state index contributed by atoms with van der Waals surface area (Å²) in [5.41, 5.74) is 0. The zero-order valence-corrected chi connectivity index (χ0v) is 16.3. The zero-order valence-electron chi connectivity index (χ0n) is 6.18. The molecule has 0 amide bonds. The largest absolute Gasteiger partial charge is 1.00 e. The first-order chi connectivity index (χ1) is 1.73. The molecule has 0 radical (unpaired) electrons. The Balaban J connectivity index is -0.00000000450. The molecule has 0 aliphatic heterocycles. The van der Waals surface area contributed by atoms with Gasteiger partial charge in [0.25, 0.3) is 0 Å². The van der Waals surface area contributed by atoms with Gasteiger partial charge in [-0.05, 0) is 0 Å². The fourth-order valence-electron chi connectivity index (χ4n) is 0. The van der Waals surface area contributed by atoms with Gasteiger partial charge in [0.05, 0.1) is 0 Å². The summed E-state index contributed by atoms with van der Waals surface area (Å²) in [6, 6.07) is 0. The summed E-state index contributed by atoms with van der Waals surface area (Å²) >= 11 is 0. The first-order valence-corrected chi connectivity index (χ1v) is 0.707. The molecule has 0 aliphatic rings. The molecule has 0 aromatic heterocycles. The Morgan fingerprint density at radius 3 is 0.667 bits per heavy atom. The molecule has 32 valence electrons.